The van der Waals surface area contributed by atoms with Crippen molar-refractivity contribution < 1.29 is 14.3 Å². The summed E-state index contributed by atoms with van der Waals surface area (Å²) in [6, 6.07) is 7.24. The third-order valence-corrected chi connectivity index (χ3v) is 2.94. The summed E-state index contributed by atoms with van der Waals surface area (Å²) in [6.07, 6.45) is 1.49. The van der Waals surface area contributed by atoms with E-state index in [4.69, 9.17) is 14.7 Å². The molecular weight excluding hydrogens is 324 g/mol. The Hall–Kier alpha value is -1.84. The molecule has 0 fully saturated rings. The molecule has 1 aromatic rings. The molecule has 106 valence electrons. The summed E-state index contributed by atoms with van der Waals surface area (Å²) in [4.78, 5) is 11.8. The quantitative estimate of drug-likeness (QED) is 0.490. The van der Waals surface area contributed by atoms with Crippen LogP contribution in [0.15, 0.2) is 28.2 Å². The number of hydrogen-bond donors (Lipinski definition) is 1. The summed E-state index contributed by atoms with van der Waals surface area (Å²) < 4.78 is 10.9. The van der Waals surface area contributed by atoms with Gasteiger partial charge in [0, 0.05) is 23.7 Å². The average molecular weight is 339 g/mol. The van der Waals surface area contributed by atoms with Crippen LogP contribution >= 0.6 is 15.9 Å². The van der Waals surface area contributed by atoms with E-state index in [1.807, 2.05) is 12.1 Å². The molecule has 0 aliphatic carbocycles. The van der Waals surface area contributed by atoms with Crippen molar-refractivity contribution in [1.29, 1.82) is 5.26 Å². The van der Waals surface area contributed by atoms with Gasteiger partial charge in [-0.3, -0.25) is 4.79 Å². The van der Waals surface area contributed by atoms with Crippen molar-refractivity contribution in [1.82, 2.24) is 5.32 Å². The van der Waals surface area contributed by atoms with Crippen LogP contribution < -0.4 is 10.1 Å². The van der Waals surface area contributed by atoms with Crippen molar-refractivity contribution in [2.45, 2.75) is 0 Å². The minimum Gasteiger partial charge on any atom is -0.496 e. The van der Waals surface area contributed by atoms with E-state index in [9.17, 15) is 4.79 Å². The number of carbonyl (C=O) groups excluding carboxylic acids is 1. The SMILES string of the molecule is COCCNC(=O)/C(C#N)=C/c1cc(Br)ccc1OC. The van der Waals surface area contributed by atoms with Gasteiger partial charge in [0.05, 0.1) is 13.7 Å². The van der Waals surface area contributed by atoms with Crippen molar-refractivity contribution in [2.75, 3.05) is 27.4 Å². The first-order chi connectivity index (χ1) is 9.62. The first kappa shape index (κ1) is 16.2. The third kappa shape index (κ3) is 4.68. The van der Waals surface area contributed by atoms with Crippen molar-refractivity contribution in [2.24, 2.45) is 0 Å². The molecule has 1 rings (SSSR count). The van der Waals surface area contributed by atoms with Gasteiger partial charge in [-0.1, -0.05) is 15.9 Å². The molecule has 0 radical (unpaired) electrons. The topological polar surface area (TPSA) is 71.3 Å². The van der Waals surface area contributed by atoms with Crippen molar-refractivity contribution in [3.8, 4) is 11.8 Å². The molecular formula is C14H15BrN2O3. The van der Waals surface area contributed by atoms with Gasteiger partial charge in [-0.05, 0) is 24.3 Å². The lowest BCUT2D eigenvalue weighted by Gasteiger charge is -2.07. The zero-order chi connectivity index (χ0) is 15.0. The number of hydrogen-bond acceptors (Lipinski definition) is 4. The van der Waals surface area contributed by atoms with Crippen LogP contribution in [0.25, 0.3) is 6.08 Å². The van der Waals surface area contributed by atoms with E-state index in [-0.39, 0.29) is 5.57 Å². The van der Waals surface area contributed by atoms with E-state index in [2.05, 4.69) is 21.2 Å². The molecule has 0 aliphatic heterocycles. The van der Waals surface area contributed by atoms with E-state index < -0.39 is 5.91 Å². The van der Waals surface area contributed by atoms with Gasteiger partial charge in [0.1, 0.15) is 17.4 Å². The van der Waals surface area contributed by atoms with Gasteiger partial charge in [-0.15, -0.1) is 0 Å². The third-order valence-electron chi connectivity index (χ3n) is 2.45. The maximum atomic E-state index is 11.8. The maximum Gasteiger partial charge on any atom is 0.262 e. The van der Waals surface area contributed by atoms with E-state index in [1.165, 1.54) is 13.2 Å². The van der Waals surface area contributed by atoms with Crippen LogP contribution in [-0.4, -0.2) is 33.3 Å². The number of benzene rings is 1. The van der Waals surface area contributed by atoms with Crippen molar-refractivity contribution in [3.63, 3.8) is 0 Å². The van der Waals surface area contributed by atoms with Crippen LogP contribution in [-0.2, 0) is 9.53 Å². The summed E-state index contributed by atoms with van der Waals surface area (Å²) in [5, 5.41) is 11.7. The zero-order valence-corrected chi connectivity index (χ0v) is 12.9. The first-order valence-corrected chi connectivity index (χ1v) is 6.64. The Morgan fingerprint density at radius 1 is 1.50 bits per heavy atom. The van der Waals surface area contributed by atoms with Gasteiger partial charge in [-0.2, -0.15) is 5.26 Å². The second-order valence-corrected chi connectivity index (χ2v) is 4.72. The molecule has 0 heterocycles. The highest BCUT2D eigenvalue weighted by atomic mass is 79.9. The molecule has 1 aromatic carbocycles. The van der Waals surface area contributed by atoms with E-state index >= 15 is 0 Å². The molecule has 1 amide bonds. The van der Waals surface area contributed by atoms with Gasteiger partial charge < -0.3 is 14.8 Å². The Morgan fingerprint density at radius 3 is 2.85 bits per heavy atom. The standard InChI is InChI=1S/C14H15BrN2O3/c1-19-6-5-17-14(18)11(9-16)7-10-8-12(15)3-4-13(10)20-2/h3-4,7-8H,5-6H2,1-2H3,(H,17,18)/b11-7+. The summed E-state index contributed by atoms with van der Waals surface area (Å²) in [6.45, 7) is 0.745. The summed E-state index contributed by atoms with van der Waals surface area (Å²) in [7, 11) is 3.07. The van der Waals surface area contributed by atoms with Crippen molar-refractivity contribution >= 4 is 27.9 Å². The minimum atomic E-state index is -0.438. The lowest BCUT2D eigenvalue weighted by molar-refractivity contribution is -0.117. The zero-order valence-electron chi connectivity index (χ0n) is 11.3. The Balaban J connectivity index is 2.97. The molecule has 6 heteroatoms. The normalized spacial score (nSPS) is 10.8. The highest BCUT2D eigenvalue weighted by Gasteiger charge is 2.10. The van der Waals surface area contributed by atoms with E-state index in [0.717, 1.165) is 4.47 Å². The molecule has 0 atom stereocenters. The fourth-order valence-corrected chi connectivity index (χ4v) is 1.86. The molecule has 20 heavy (non-hydrogen) atoms. The van der Waals surface area contributed by atoms with E-state index in [0.29, 0.717) is 24.5 Å². The number of halogens is 1. The Morgan fingerprint density at radius 2 is 2.25 bits per heavy atom. The fraction of sp³-hybridized carbons (Fsp3) is 0.286. The molecule has 0 saturated carbocycles. The van der Waals surface area contributed by atoms with Gasteiger partial charge in [0.2, 0.25) is 0 Å². The molecule has 0 spiro atoms. The highest BCUT2D eigenvalue weighted by molar-refractivity contribution is 9.10. The first-order valence-electron chi connectivity index (χ1n) is 5.84. The highest BCUT2D eigenvalue weighted by Crippen LogP contribution is 2.25. The van der Waals surface area contributed by atoms with Gasteiger partial charge in [-0.25, -0.2) is 0 Å². The predicted octanol–water partition coefficient (Wildman–Crippen LogP) is 2.13. The van der Waals surface area contributed by atoms with Crippen LogP contribution in [0.5, 0.6) is 5.75 Å². The van der Waals surface area contributed by atoms with Crippen molar-refractivity contribution in [3.05, 3.63) is 33.8 Å². The number of amides is 1. The number of methoxy groups -OCH3 is 2. The number of ether oxygens (including phenoxy) is 2. The number of nitrogens with zero attached hydrogens (tertiary/aromatic N) is 1. The Labute approximate surface area is 126 Å². The second-order valence-electron chi connectivity index (χ2n) is 3.80. The smallest absolute Gasteiger partial charge is 0.262 e. The molecule has 0 saturated heterocycles. The monoisotopic (exact) mass is 338 g/mol. The van der Waals surface area contributed by atoms with Crippen LogP contribution in [0.2, 0.25) is 0 Å². The fourth-order valence-electron chi connectivity index (χ4n) is 1.48. The number of nitrogens with one attached hydrogen (secondary N) is 1. The van der Waals surface area contributed by atoms with Gasteiger partial charge >= 0.3 is 0 Å². The molecule has 1 N–H and O–H groups in total. The number of rotatable bonds is 6. The molecule has 0 aliphatic rings. The molecule has 0 unspecified atom stereocenters. The Bertz CT molecular complexity index is 550. The lowest BCUT2D eigenvalue weighted by Crippen LogP contribution is -2.27. The van der Waals surface area contributed by atoms with Crippen LogP contribution in [0, 0.1) is 11.3 Å². The Kier molecular flexibility index (Phi) is 6.77. The van der Waals surface area contributed by atoms with Gasteiger partial charge in [0.25, 0.3) is 5.91 Å². The number of nitriles is 1. The van der Waals surface area contributed by atoms with Gasteiger partial charge in [0.15, 0.2) is 0 Å². The maximum absolute atomic E-state index is 11.8. The van der Waals surface area contributed by atoms with Crippen LogP contribution in [0.4, 0.5) is 0 Å². The molecule has 0 aromatic heterocycles. The molecule has 5 nitrogen and oxygen atoms in total. The number of carbonyl (C=O) groups is 1. The summed E-state index contributed by atoms with van der Waals surface area (Å²) >= 11 is 3.34. The minimum absolute atomic E-state index is 0.0116. The van der Waals surface area contributed by atoms with Crippen LogP contribution in [0.3, 0.4) is 0 Å². The average Bonchev–Trinajstić information content (AvgIpc) is 2.45. The second kappa shape index (κ2) is 8.35. The summed E-state index contributed by atoms with van der Waals surface area (Å²) in [5.41, 5.74) is 0.665. The van der Waals surface area contributed by atoms with Crippen LogP contribution in [0.1, 0.15) is 5.56 Å². The molecule has 0 bridgehead atoms. The van der Waals surface area contributed by atoms with E-state index in [1.54, 1.807) is 19.2 Å². The summed E-state index contributed by atoms with van der Waals surface area (Å²) in [5.74, 6) is 0.150. The largest absolute Gasteiger partial charge is 0.496 e. The predicted molar refractivity (Wildman–Crippen MR) is 79.2 cm³/mol. The lowest BCUT2D eigenvalue weighted by atomic mass is 10.1.